The second-order valence-electron chi connectivity index (χ2n) is 8.64. The Kier molecular flexibility index (Phi) is 4.59. The van der Waals surface area contributed by atoms with Gasteiger partial charge in [-0.3, -0.25) is 4.79 Å². The molecule has 1 aromatic carbocycles. The van der Waals surface area contributed by atoms with E-state index in [9.17, 15) is 4.79 Å². The summed E-state index contributed by atoms with van der Waals surface area (Å²) >= 11 is 0. The third-order valence-electron chi connectivity index (χ3n) is 6.40. The van der Waals surface area contributed by atoms with Crippen molar-refractivity contribution in [3.8, 4) is 11.5 Å². The summed E-state index contributed by atoms with van der Waals surface area (Å²) < 4.78 is 18.6. The molecule has 2 N–H and O–H groups in total. The van der Waals surface area contributed by atoms with Gasteiger partial charge in [0.2, 0.25) is 5.91 Å². The lowest BCUT2D eigenvalue weighted by Crippen LogP contribution is -2.57. The fourth-order valence-electron chi connectivity index (χ4n) is 4.94. The highest BCUT2D eigenvalue weighted by Gasteiger charge is 2.52. The SMILES string of the molecule is COc1cccc2c1OC(C)(C)[C@@H]1C[C@H]3CN(C(=O)[C@H](C)N)CC[C@H]3O[C@@H]21. The summed E-state index contributed by atoms with van der Waals surface area (Å²) in [5, 5.41) is 0. The zero-order valence-corrected chi connectivity index (χ0v) is 16.6. The van der Waals surface area contributed by atoms with Crippen molar-refractivity contribution in [1.29, 1.82) is 0 Å². The Bertz CT molecular complexity index is 733. The lowest BCUT2D eigenvalue weighted by molar-refractivity contribution is -0.189. The van der Waals surface area contributed by atoms with Crippen LogP contribution in [0.3, 0.4) is 0 Å². The number of fused-ring (bicyclic) bond motifs is 4. The molecule has 0 radical (unpaired) electrons. The van der Waals surface area contributed by atoms with Crippen LogP contribution in [0.25, 0.3) is 0 Å². The average molecular weight is 374 g/mol. The number of nitrogens with two attached hydrogens (primary N) is 1. The summed E-state index contributed by atoms with van der Waals surface area (Å²) in [7, 11) is 1.67. The maximum absolute atomic E-state index is 12.3. The first-order chi connectivity index (χ1) is 12.8. The molecule has 0 spiro atoms. The Hall–Kier alpha value is -1.79. The highest BCUT2D eigenvalue weighted by molar-refractivity contribution is 5.81. The quantitative estimate of drug-likeness (QED) is 0.861. The predicted octanol–water partition coefficient (Wildman–Crippen LogP) is 2.51. The van der Waals surface area contributed by atoms with Crippen LogP contribution in [0.15, 0.2) is 18.2 Å². The molecule has 1 aromatic rings. The van der Waals surface area contributed by atoms with E-state index in [1.54, 1.807) is 14.0 Å². The Morgan fingerprint density at radius 1 is 1.41 bits per heavy atom. The standard InChI is InChI=1S/C21H30N2O4/c1-12(22)20(24)23-9-8-16-13(11-23)10-15-18(26-16)14-6-5-7-17(25-4)19(14)27-21(15,2)3/h5-7,12-13,15-16,18H,8-11,22H2,1-4H3/t12-,13-,15+,16+,18-/m0/s1. The summed E-state index contributed by atoms with van der Waals surface area (Å²) in [5.74, 6) is 2.13. The number of carbonyl (C=O) groups is 1. The van der Waals surface area contributed by atoms with Crippen molar-refractivity contribution in [3.05, 3.63) is 23.8 Å². The summed E-state index contributed by atoms with van der Waals surface area (Å²) in [6.07, 6.45) is 1.99. The minimum Gasteiger partial charge on any atom is -0.493 e. The topological polar surface area (TPSA) is 74.0 Å². The Morgan fingerprint density at radius 3 is 2.89 bits per heavy atom. The Morgan fingerprint density at radius 2 is 2.19 bits per heavy atom. The Balaban J connectivity index is 1.61. The molecule has 0 saturated carbocycles. The van der Waals surface area contributed by atoms with Gasteiger partial charge in [0.15, 0.2) is 11.5 Å². The number of likely N-dealkylation sites (tertiary alicyclic amines) is 1. The predicted molar refractivity (Wildman–Crippen MR) is 102 cm³/mol. The van der Waals surface area contributed by atoms with Gasteiger partial charge in [0.1, 0.15) is 5.60 Å². The third-order valence-corrected chi connectivity index (χ3v) is 6.40. The number of nitrogens with zero attached hydrogens (tertiary/aromatic N) is 1. The number of hydrogen-bond acceptors (Lipinski definition) is 5. The molecule has 2 saturated heterocycles. The van der Waals surface area contributed by atoms with Crippen molar-refractivity contribution in [2.75, 3.05) is 20.2 Å². The first-order valence-corrected chi connectivity index (χ1v) is 9.87. The van der Waals surface area contributed by atoms with E-state index in [4.69, 9.17) is 19.9 Å². The molecule has 0 aromatic heterocycles. The molecule has 4 rings (SSSR count). The third kappa shape index (κ3) is 3.09. The fourth-order valence-corrected chi connectivity index (χ4v) is 4.94. The van der Waals surface area contributed by atoms with E-state index in [1.165, 1.54) is 0 Å². The van der Waals surface area contributed by atoms with Gasteiger partial charge >= 0.3 is 0 Å². The number of benzene rings is 1. The van der Waals surface area contributed by atoms with E-state index in [-0.39, 0.29) is 29.6 Å². The van der Waals surface area contributed by atoms with Gasteiger partial charge in [-0.05, 0) is 39.7 Å². The number of amides is 1. The molecule has 3 aliphatic heterocycles. The van der Waals surface area contributed by atoms with Gasteiger partial charge in [0, 0.05) is 30.5 Å². The molecule has 3 heterocycles. The number of carbonyl (C=O) groups excluding carboxylic acids is 1. The maximum atomic E-state index is 12.3. The van der Waals surface area contributed by atoms with Gasteiger partial charge in [-0.2, -0.15) is 0 Å². The molecule has 1 amide bonds. The maximum Gasteiger partial charge on any atom is 0.239 e. The van der Waals surface area contributed by atoms with E-state index >= 15 is 0 Å². The molecule has 27 heavy (non-hydrogen) atoms. The lowest BCUT2D eigenvalue weighted by Gasteiger charge is -2.53. The van der Waals surface area contributed by atoms with E-state index in [0.29, 0.717) is 12.5 Å². The number of methoxy groups -OCH3 is 1. The molecule has 0 bridgehead atoms. The zero-order chi connectivity index (χ0) is 19.3. The van der Waals surface area contributed by atoms with Crippen molar-refractivity contribution in [3.63, 3.8) is 0 Å². The molecule has 0 unspecified atom stereocenters. The van der Waals surface area contributed by atoms with Gasteiger partial charge in [-0.1, -0.05) is 12.1 Å². The lowest BCUT2D eigenvalue weighted by atomic mass is 9.70. The number of hydrogen-bond donors (Lipinski definition) is 1. The average Bonchev–Trinajstić information content (AvgIpc) is 2.65. The summed E-state index contributed by atoms with van der Waals surface area (Å²) in [6.45, 7) is 7.43. The summed E-state index contributed by atoms with van der Waals surface area (Å²) in [6, 6.07) is 5.56. The minimum atomic E-state index is -0.451. The van der Waals surface area contributed by atoms with Gasteiger partial charge in [-0.25, -0.2) is 0 Å². The molecular formula is C21H30N2O4. The van der Waals surface area contributed by atoms with Gasteiger partial charge in [0.25, 0.3) is 0 Å². The molecule has 3 aliphatic rings. The van der Waals surface area contributed by atoms with Gasteiger partial charge in [-0.15, -0.1) is 0 Å². The van der Waals surface area contributed by atoms with E-state index in [1.807, 2.05) is 17.0 Å². The van der Waals surface area contributed by atoms with Crippen LogP contribution in [0.5, 0.6) is 11.5 Å². The van der Waals surface area contributed by atoms with Crippen LogP contribution in [0.1, 0.15) is 45.3 Å². The smallest absolute Gasteiger partial charge is 0.239 e. The van der Waals surface area contributed by atoms with Crippen molar-refractivity contribution >= 4 is 5.91 Å². The van der Waals surface area contributed by atoms with E-state index in [2.05, 4.69) is 19.9 Å². The first kappa shape index (κ1) is 18.6. The second kappa shape index (κ2) is 6.67. The van der Waals surface area contributed by atoms with Crippen LogP contribution >= 0.6 is 0 Å². The summed E-state index contributed by atoms with van der Waals surface area (Å²) in [5.41, 5.74) is 6.52. The number of piperidine rings is 1. The monoisotopic (exact) mass is 374 g/mol. The largest absolute Gasteiger partial charge is 0.493 e. The van der Waals surface area contributed by atoms with E-state index < -0.39 is 6.04 Å². The van der Waals surface area contributed by atoms with Crippen LogP contribution in [0, 0.1) is 11.8 Å². The van der Waals surface area contributed by atoms with Crippen LogP contribution in [0.4, 0.5) is 0 Å². The van der Waals surface area contributed by atoms with Crippen molar-refractivity contribution in [2.45, 2.75) is 57.5 Å². The second-order valence-corrected chi connectivity index (χ2v) is 8.64. The fraction of sp³-hybridized carbons (Fsp3) is 0.667. The minimum absolute atomic E-state index is 0.00390. The highest BCUT2D eigenvalue weighted by Crippen LogP contribution is 2.55. The normalized spacial score (nSPS) is 32.4. The molecule has 6 nitrogen and oxygen atoms in total. The van der Waals surface area contributed by atoms with Crippen LogP contribution in [0.2, 0.25) is 0 Å². The van der Waals surface area contributed by atoms with Gasteiger partial charge in [0.05, 0.1) is 25.4 Å². The van der Waals surface area contributed by atoms with Crippen molar-refractivity contribution < 1.29 is 19.0 Å². The van der Waals surface area contributed by atoms with Crippen molar-refractivity contribution in [1.82, 2.24) is 4.90 Å². The summed E-state index contributed by atoms with van der Waals surface area (Å²) in [4.78, 5) is 14.2. The molecule has 148 valence electrons. The molecular weight excluding hydrogens is 344 g/mol. The van der Waals surface area contributed by atoms with Gasteiger partial charge < -0.3 is 24.8 Å². The molecule has 0 aliphatic carbocycles. The molecule has 2 fully saturated rings. The van der Waals surface area contributed by atoms with Crippen LogP contribution < -0.4 is 15.2 Å². The zero-order valence-electron chi connectivity index (χ0n) is 16.6. The van der Waals surface area contributed by atoms with Crippen LogP contribution in [-0.4, -0.2) is 48.8 Å². The highest BCUT2D eigenvalue weighted by atomic mass is 16.5. The Labute approximate surface area is 160 Å². The molecule has 6 heteroatoms. The van der Waals surface area contributed by atoms with Crippen LogP contribution in [-0.2, 0) is 9.53 Å². The van der Waals surface area contributed by atoms with Crippen molar-refractivity contribution in [2.24, 2.45) is 17.6 Å². The first-order valence-electron chi connectivity index (χ1n) is 9.87. The number of rotatable bonds is 2. The number of ether oxygens (including phenoxy) is 3. The van der Waals surface area contributed by atoms with E-state index in [0.717, 1.165) is 36.4 Å². The number of para-hydroxylation sites is 1. The molecule has 5 atom stereocenters.